The lowest BCUT2D eigenvalue weighted by Crippen LogP contribution is -2.24. The summed E-state index contributed by atoms with van der Waals surface area (Å²) in [5, 5.41) is 25.0. The molecule has 24 heavy (non-hydrogen) atoms. The first kappa shape index (κ1) is 17.6. The molecular weight excluding hydrogens is 330 g/mol. The van der Waals surface area contributed by atoms with Gasteiger partial charge in [-0.3, -0.25) is 0 Å². The summed E-state index contributed by atoms with van der Waals surface area (Å²) in [6, 6.07) is 8.14. The average Bonchev–Trinajstić information content (AvgIpc) is 3.10. The van der Waals surface area contributed by atoms with Gasteiger partial charge in [0.05, 0.1) is 4.90 Å². The van der Waals surface area contributed by atoms with Crippen molar-refractivity contribution in [1.82, 2.24) is 25.3 Å². The molecule has 1 heterocycles. The van der Waals surface area contributed by atoms with Gasteiger partial charge in [0.25, 0.3) is 0 Å². The Kier molecular flexibility index (Phi) is 6.00. The Morgan fingerprint density at radius 2 is 2.12 bits per heavy atom. The van der Waals surface area contributed by atoms with E-state index in [1.54, 1.807) is 12.1 Å². The van der Waals surface area contributed by atoms with Crippen LogP contribution in [0.15, 0.2) is 35.4 Å². The molecule has 0 amide bonds. The van der Waals surface area contributed by atoms with Crippen LogP contribution in [0.2, 0.25) is 0 Å². The minimum atomic E-state index is -3.50. The van der Waals surface area contributed by atoms with Crippen LogP contribution in [-0.2, 0) is 10.0 Å². The Morgan fingerprint density at radius 1 is 1.38 bits per heavy atom. The van der Waals surface area contributed by atoms with E-state index < -0.39 is 10.0 Å². The fourth-order valence-electron chi connectivity index (χ4n) is 1.78. The van der Waals surface area contributed by atoms with Crippen molar-refractivity contribution in [1.29, 1.82) is 5.26 Å². The molecule has 10 heteroatoms. The van der Waals surface area contributed by atoms with Crippen molar-refractivity contribution in [2.24, 2.45) is 0 Å². The van der Waals surface area contributed by atoms with E-state index in [2.05, 4.69) is 30.7 Å². The Hall–Kier alpha value is -2.77. The molecule has 2 rings (SSSR count). The van der Waals surface area contributed by atoms with Crippen molar-refractivity contribution in [3.63, 3.8) is 0 Å². The number of hydrogen-bond acceptors (Lipinski definition) is 7. The first-order chi connectivity index (χ1) is 11.6. The second kappa shape index (κ2) is 8.19. The summed E-state index contributed by atoms with van der Waals surface area (Å²) in [4.78, 5) is 0.187. The normalized spacial score (nSPS) is 11.9. The summed E-state index contributed by atoms with van der Waals surface area (Å²) in [5.74, 6) is 0.171. The Bertz CT molecular complexity index is 821. The standard InChI is InChI=1S/C14H17N7O2S/c1-2-3-8-17-24(22,23)13-6-4-12(5-7-13)16-10-11(9-15)14-18-20-21-19-14/h4-7,10,16-17H,2-3,8H2,1H3,(H,18,19,20,21). The highest BCUT2D eigenvalue weighted by Gasteiger charge is 2.12. The molecule has 0 aliphatic heterocycles. The minimum absolute atomic E-state index is 0.171. The number of unbranched alkanes of at least 4 members (excludes halogenated alkanes) is 1. The van der Waals surface area contributed by atoms with Crippen LogP contribution < -0.4 is 10.0 Å². The molecule has 0 saturated heterocycles. The SMILES string of the molecule is CCCCNS(=O)(=O)c1ccc(NC=C(C#N)c2nn[nH]n2)cc1. The van der Waals surface area contributed by atoms with Gasteiger partial charge >= 0.3 is 0 Å². The van der Waals surface area contributed by atoms with Gasteiger partial charge in [-0.25, -0.2) is 13.1 Å². The second-order valence-electron chi connectivity index (χ2n) is 4.83. The maximum Gasteiger partial charge on any atom is 0.240 e. The molecule has 9 nitrogen and oxygen atoms in total. The van der Waals surface area contributed by atoms with Crippen LogP contribution in [0.5, 0.6) is 0 Å². The van der Waals surface area contributed by atoms with E-state index in [1.807, 2.05) is 13.0 Å². The monoisotopic (exact) mass is 347 g/mol. The number of nitrogens with one attached hydrogen (secondary N) is 3. The third-order valence-corrected chi connectivity index (χ3v) is 4.55. The molecule has 0 saturated carbocycles. The number of allylic oxidation sites excluding steroid dienone is 1. The van der Waals surface area contributed by atoms with E-state index in [9.17, 15) is 8.42 Å². The summed E-state index contributed by atoms with van der Waals surface area (Å²) >= 11 is 0. The molecule has 0 fully saturated rings. The van der Waals surface area contributed by atoms with Gasteiger partial charge in [0, 0.05) is 18.4 Å². The molecule has 3 N–H and O–H groups in total. The van der Waals surface area contributed by atoms with Crippen LogP contribution in [0.4, 0.5) is 5.69 Å². The summed E-state index contributed by atoms with van der Waals surface area (Å²) in [6.07, 6.45) is 3.13. The Balaban J connectivity index is 2.06. The Labute approximate surface area is 139 Å². The highest BCUT2D eigenvalue weighted by atomic mass is 32.2. The molecule has 0 radical (unpaired) electrons. The van der Waals surface area contributed by atoms with Crippen LogP contribution in [0.25, 0.3) is 5.57 Å². The van der Waals surface area contributed by atoms with Gasteiger partial charge in [-0.15, -0.1) is 10.2 Å². The number of anilines is 1. The maximum atomic E-state index is 12.1. The smallest absolute Gasteiger partial charge is 0.240 e. The van der Waals surface area contributed by atoms with Crippen LogP contribution in [0, 0.1) is 11.3 Å². The molecular formula is C14H17N7O2S. The van der Waals surface area contributed by atoms with E-state index in [4.69, 9.17) is 5.26 Å². The molecule has 0 aliphatic carbocycles. The van der Waals surface area contributed by atoms with Crippen LogP contribution in [-0.4, -0.2) is 35.6 Å². The lowest BCUT2D eigenvalue weighted by Gasteiger charge is -2.07. The lowest BCUT2D eigenvalue weighted by atomic mass is 10.3. The number of benzene rings is 1. The largest absolute Gasteiger partial charge is 0.360 e. The molecule has 0 bridgehead atoms. The first-order valence-electron chi connectivity index (χ1n) is 7.27. The molecule has 0 unspecified atom stereocenters. The lowest BCUT2D eigenvalue weighted by molar-refractivity contribution is 0.578. The summed E-state index contributed by atoms with van der Waals surface area (Å²) < 4.78 is 26.7. The predicted octanol–water partition coefficient (Wildman–Crippen LogP) is 1.25. The van der Waals surface area contributed by atoms with Gasteiger partial charge < -0.3 is 5.32 Å². The van der Waals surface area contributed by atoms with E-state index >= 15 is 0 Å². The van der Waals surface area contributed by atoms with Crippen molar-refractivity contribution < 1.29 is 8.42 Å². The number of hydrogen-bond donors (Lipinski definition) is 3. The highest BCUT2D eigenvalue weighted by Crippen LogP contribution is 2.15. The quantitative estimate of drug-likeness (QED) is 0.483. The number of rotatable bonds is 8. The van der Waals surface area contributed by atoms with Crippen molar-refractivity contribution in [3.05, 3.63) is 36.3 Å². The van der Waals surface area contributed by atoms with Crippen molar-refractivity contribution in [2.75, 3.05) is 11.9 Å². The fourth-order valence-corrected chi connectivity index (χ4v) is 2.85. The van der Waals surface area contributed by atoms with Gasteiger partial charge in [-0.1, -0.05) is 13.3 Å². The minimum Gasteiger partial charge on any atom is -0.360 e. The van der Waals surface area contributed by atoms with Crippen molar-refractivity contribution in [2.45, 2.75) is 24.7 Å². The third kappa shape index (κ3) is 4.61. The Morgan fingerprint density at radius 3 is 2.71 bits per heavy atom. The van der Waals surface area contributed by atoms with E-state index in [-0.39, 0.29) is 16.3 Å². The van der Waals surface area contributed by atoms with Gasteiger partial charge in [0.1, 0.15) is 11.6 Å². The molecule has 1 aromatic heterocycles. The second-order valence-corrected chi connectivity index (χ2v) is 6.59. The zero-order valence-corrected chi connectivity index (χ0v) is 13.8. The number of tetrazole rings is 1. The molecule has 2 aromatic rings. The summed E-state index contributed by atoms with van der Waals surface area (Å²) in [7, 11) is -3.50. The van der Waals surface area contributed by atoms with Gasteiger partial charge in [-0.2, -0.15) is 10.5 Å². The number of sulfonamides is 1. The zero-order valence-electron chi connectivity index (χ0n) is 13.0. The van der Waals surface area contributed by atoms with Gasteiger partial charge in [-0.05, 0) is 35.9 Å². The topological polar surface area (TPSA) is 136 Å². The number of aromatic nitrogens is 4. The number of aromatic amines is 1. The van der Waals surface area contributed by atoms with Crippen LogP contribution in [0.3, 0.4) is 0 Å². The summed E-state index contributed by atoms with van der Waals surface area (Å²) in [5.41, 5.74) is 0.820. The average molecular weight is 347 g/mol. The van der Waals surface area contributed by atoms with Gasteiger partial charge in [0.15, 0.2) is 0 Å². The van der Waals surface area contributed by atoms with E-state index in [1.165, 1.54) is 18.3 Å². The van der Waals surface area contributed by atoms with Crippen molar-refractivity contribution in [3.8, 4) is 6.07 Å². The van der Waals surface area contributed by atoms with Crippen LogP contribution >= 0.6 is 0 Å². The molecule has 0 aliphatic rings. The first-order valence-corrected chi connectivity index (χ1v) is 8.75. The van der Waals surface area contributed by atoms with Gasteiger partial charge in [0.2, 0.25) is 15.8 Å². The zero-order chi connectivity index (χ0) is 17.4. The molecule has 0 spiro atoms. The van der Waals surface area contributed by atoms with E-state index in [0.717, 1.165) is 12.8 Å². The highest BCUT2D eigenvalue weighted by molar-refractivity contribution is 7.89. The predicted molar refractivity (Wildman–Crippen MR) is 87.9 cm³/mol. The third-order valence-electron chi connectivity index (χ3n) is 3.08. The number of nitrogens with zero attached hydrogens (tertiary/aromatic N) is 4. The maximum absolute atomic E-state index is 12.1. The molecule has 1 aromatic carbocycles. The van der Waals surface area contributed by atoms with Crippen LogP contribution in [0.1, 0.15) is 25.6 Å². The molecule has 0 atom stereocenters. The van der Waals surface area contributed by atoms with E-state index in [0.29, 0.717) is 12.2 Å². The fraction of sp³-hybridized carbons (Fsp3) is 0.286. The summed E-state index contributed by atoms with van der Waals surface area (Å²) in [6.45, 7) is 2.41. The number of H-pyrrole nitrogens is 1. The molecule has 126 valence electrons. The van der Waals surface area contributed by atoms with Crippen molar-refractivity contribution >= 4 is 21.3 Å². The number of nitriles is 1.